The molecule has 0 aliphatic heterocycles. The molecule has 0 aliphatic rings. The van der Waals surface area contributed by atoms with E-state index in [1.807, 2.05) is 26.0 Å². The number of ether oxygens (including phenoxy) is 1. The first kappa shape index (κ1) is 13.8. The molecule has 1 N–H and O–H groups in total. The topological polar surface area (TPSA) is 51.2 Å². The van der Waals surface area contributed by atoms with Crippen LogP contribution in [0, 0.1) is 13.8 Å². The number of carbonyl (C=O) groups excluding carboxylic acids is 1. The zero-order valence-corrected chi connectivity index (χ0v) is 12.4. The molecule has 2 aromatic rings. The predicted octanol–water partition coefficient (Wildman–Crippen LogP) is 3.94. The minimum atomic E-state index is -0.476. The number of thiazole rings is 1. The maximum absolute atomic E-state index is 11.4. The van der Waals surface area contributed by atoms with Crippen molar-refractivity contribution < 1.29 is 9.53 Å². The molecule has 19 heavy (non-hydrogen) atoms. The van der Waals surface area contributed by atoms with Gasteiger partial charge in [0.05, 0.1) is 7.11 Å². The SMILES string of the molecule is COC(=O)c1sc(Nc2ccc(C)cc2C)nc1Cl. The number of methoxy groups -OCH3 is 1. The van der Waals surface area contributed by atoms with Crippen LogP contribution in [0.3, 0.4) is 0 Å². The standard InChI is InChI=1S/C13H13ClN2O2S/c1-7-4-5-9(8(2)6-7)15-13-16-11(14)10(19-13)12(17)18-3/h4-6H,1-3H3,(H,15,16). The Balaban J connectivity index is 2.26. The monoisotopic (exact) mass is 296 g/mol. The highest BCUT2D eigenvalue weighted by atomic mass is 35.5. The second kappa shape index (κ2) is 5.59. The molecule has 6 heteroatoms. The number of nitrogens with one attached hydrogen (secondary N) is 1. The molecule has 0 fully saturated rings. The Morgan fingerprint density at radius 2 is 2.16 bits per heavy atom. The summed E-state index contributed by atoms with van der Waals surface area (Å²) in [5, 5.41) is 3.88. The van der Waals surface area contributed by atoms with Gasteiger partial charge in [-0.15, -0.1) is 0 Å². The number of rotatable bonds is 3. The van der Waals surface area contributed by atoms with Gasteiger partial charge in [-0.05, 0) is 25.5 Å². The van der Waals surface area contributed by atoms with Crippen LogP contribution in [0.5, 0.6) is 0 Å². The number of benzene rings is 1. The van der Waals surface area contributed by atoms with Gasteiger partial charge in [0.2, 0.25) is 0 Å². The highest BCUT2D eigenvalue weighted by Gasteiger charge is 2.17. The van der Waals surface area contributed by atoms with Crippen molar-refractivity contribution in [2.24, 2.45) is 0 Å². The van der Waals surface area contributed by atoms with Gasteiger partial charge >= 0.3 is 5.97 Å². The summed E-state index contributed by atoms with van der Waals surface area (Å²) in [6.07, 6.45) is 0. The van der Waals surface area contributed by atoms with Crippen LogP contribution in [0.15, 0.2) is 18.2 Å². The molecule has 0 aliphatic carbocycles. The summed E-state index contributed by atoms with van der Waals surface area (Å²) in [6, 6.07) is 6.04. The molecule has 2 rings (SSSR count). The average Bonchev–Trinajstić information content (AvgIpc) is 2.73. The Bertz CT molecular complexity index is 625. The van der Waals surface area contributed by atoms with Gasteiger partial charge in [0.25, 0.3) is 0 Å². The van der Waals surface area contributed by atoms with E-state index in [9.17, 15) is 4.79 Å². The van der Waals surface area contributed by atoms with Gasteiger partial charge in [0.15, 0.2) is 15.2 Å². The Labute approximate surface area is 120 Å². The second-order valence-corrected chi connectivity index (χ2v) is 5.43. The van der Waals surface area contributed by atoms with E-state index in [1.165, 1.54) is 24.0 Å². The first-order valence-corrected chi connectivity index (χ1v) is 6.79. The largest absolute Gasteiger partial charge is 0.465 e. The first-order chi connectivity index (χ1) is 9.01. The minimum absolute atomic E-state index is 0.157. The molecule has 1 heterocycles. The molecule has 0 unspecified atom stereocenters. The van der Waals surface area contributed by atoms with Crippen LogP contribution >= 0.6 is 22.9 Å². The van der Waals surface area contributed by atoms with Crippen LogP contribution in [0.25, 0.3) is 0 Å². The van der Waals surface area contributed by atoms with Gasteiger partial charge < -0.3 is 10.1 Å². The molecule has 0 saturated carbocycles. The minimum Gasteiger partial charge on any atom is -0.465 e. The molecule has 0 saturated heterocycles. The Morgan fingerprint density at radius 1 is 1.42 bits per heavy atom. The van der Waals surface area contributed by atoms with E-state index in [2.05, 4.69) is 21.1 Å². The second-order valence-electron chi connectivity index (χ2n) is 4.07. The summed E-state index contributed by atoms with van der Waals surface area (Å²) in [4.78, 5) is 15.9. The summed E-state index contributed by atoms with van der Waals surface area (Å²) in [7, 11) is 1.32. The molecule has 0 atom stereocenters. The third kappa shape index (κ3) is 3.05. The van der Waals surface area contributed by atoms with Crippen LogP contribution in [0.1, 0.15) is 20.8 Å². The number of carbonyl (C=O) groups is 1. The van der Waals surface area contributed by atoms with Crippen LogP contribution in [0.2, 0.25) is 5.15 Å². The fourth-order valence-corrected chi connectivity index (χ4v) is 2.76. The molecule has 1 aromatic carbocycles. The predicted molar refractivity (Wildman–Crippen MR) is 77.7 cm³/mol. The lowest BCUT2D eigenvalue weighted by atomic mass is 10.1. The summed E-state index contributed by atoms with van der Waals surface area (Å²) in [5.74, 6) is -0.476. The number of nitrogens with zero attached hydrogens (tertiary/aromatic N) is 1. The number of hydrogen-bond acceptors (Lipinski definition) is 5. The number of aryl methyl sites for hydroxylation is 2. The third-order valence-corrected chi connectivity index (χ3v) is 3.92. The molecular formula is C13H13ClN2O2S. The fourth-order valence-electron chi connectivity index (χ4n) is 1.64. The number of aromatic nitrogens is 1. The van der Waals surface area contributed by atoms with Crippen molar-refractivity contribution in [1.29, 1.82) is 0 Å². The third-order valence-electron chi connectivity index (χ3n) is 2.58. The Morgan fingerprint density at radius 3 is 2.79 bits per heavy atom. The Kier molecular flexibility index (Phi) is 4.07. The lowest BCUT2D eigenvalue weighted by Gasteiger charge is -2.07. The molecule has 100 valence electrons. The van der Waals surface area contributed by atoms with Gasteiger partial charge in [-0.1, -0.05) is 40.6 Å². The summed E-state index contributed by atoms with van der Waals surface area (Å²) in [5.41, 5.74) is 3.23. The smallest absolute Gasteiger partial charge is 0.351 e. The van der Waals surface area contributed by atoms with Crippen molar-refractivity contribution >= 4 is 39.7 Å². The van der Waals surface area contributed by atoms with E-state index in [1.54, 1.807) is 0 Å². The van der Waals surface area contributed by atoms with Crippen molar-refractivity contribution in [2.45, 2.75) is 13.8 Å². The van der Waals surface area contributed by atoms with E-state index in [-0.39, 0.29) is 5.15 Å². The van der Waals surface area contributed by atoms with Crippen LogP contribution in [-0.4, -0.2) is 18.1 Å². The number of halogens is 1. The van der Waals surface area contributed by atoms with Crippen molar-refractivity contribution in [3.05, 3.63) is 39.4 Å². The molecule has 0 bridgehead atoms. The lowest BCUT2D eigenvalue weighted by molar-refractivity contribution is 0.0606. The summed E-state index contributed by atoms with van der Waals surface area (Å²) >= 11 is 7.08. The van der Waals surface area contributed by atoms with Crippen molar-refractivity contribution in [3.63, 3.8) is 0 Å². The van der Waals surface area contributed by atoms with Gasteiger partial charge in [0, 0.05) is 5.69 Å². The van der Waals surface area contributed by atoms with Crippen LogP contribution in [-0.2, 0) is 4.74 Å². The van der Waals surface area contributed by atoms with Crippen LogP contribution < -0.4 is 5.32 Å². The highest BCUT2D eigenvalue weighted by molar-refractivity contribution is 7.18. The average molecular weight is 297 g/mol. The Hall–Kier alpha value is -1.59. The van der Waals surface area contributed by atoms with Gasteiger partial charge in [-0.3, -0.25) is 0 Å². The van der Waals surface area contributed by atoms with E-state index in [0.717, 1.165) is 11.3 Å². The van der Waals surface area contributed by atoms with Gasteiger partial charge in [-0.25, -0.2) is 9.78 Å². The maximum atomic E-state index is 11.4. The molecule has 4 nitrogen and oxygen atoms in total. The van der Waals surface area contributed by atoms with Crippen molar-refractivity contribution in [3.8, 4) is 0 Å². The molecule has 0 spiro atoms. The van der Waals surface area contributed by atoms with E-state index < -0.39 is 5.97 Å². The zero-order valence-electron chi connectivity index (χ0n) is 10.8. The summed E-state index contributed by atoms with van der Waals surface area (Å²) < 4.78 is 4.64. The van der Waals surface area contributed by atoms with Gasteiger partial charge in [-0.2, -0.15) is 0 Å². The fraction of sp³-hybridized carbons (Fsp3) is 0.231. The number of hydrogen-bond donors (Lipinski definition) is 1. The van der Waals surface area contributed by atoms with E-state index in [4.69, 9.17) is 11.6 Å². The van der Waals surface area contributed by atoms with E-state index in [0.29, 0.717) is 10.0 Å². The molecule has 1 aromatic heterocycles. The summed E-state index contributed by atoms with van der Waals surface area (Å²) in [6.45, 7) is 4.04. The zero-order chi connectivity index (χ0) is 14.0. The van der Waals surface area contributed by atoms with Crippen molar-refractivity contribution in [2.75, 3.05) is 12.4 Å². The molecule has 0 amide bonds. The number of anilines is 2. The normalized spacial score (nSPS) is 10.3. The highest BCUT2D eigenvalue weighted by Crippen LogP contribution is 2.30. The van der Waals surface area contributed by atoms with Crippen molar-refractivity contribution in [1.82, 2.24) is 4.98 Å². The molecular weight excluding hydrogens is 284 g/mol. The lowest BCUT2D eigenvalue weighted by Crippen LogP contribution is -1.98. The number of esters is 1. The van der Waals surface area contributed by atoms with Crippen LogP contribution in [0.4, 0.5) is 10.8 Å². The quantitative estimate of drug-likeness (QED) is 0.872. The first-order valence-electron chi connectivity index (χ1n) is 5.60. The van der Waals surface area contributed by atoms with Gasteiger partial charge in [0.1, 0.15) is 0 Å². The molecule has 0 radical (unpaired) electrons. The maximum Gasteiger partial charge on any atom is 0.351 e. The van der Waals surface area contributed by atoms with E-state index >= 15 is 0 Å².